The second-order valence-electron chi connectivity index (χ2n) is 6.07. The molecule has 0 radical (unpaired) electrons. The fraction of sp³-hybridized carbons (Fsp3) is 0.368. The first-order valence-electron chi connectivity index (χ1n) is 7.56. The predicted octanol–water partition coefficient (Wildman–Crippen LogP) is 4.41. The smallest absolute Gasteiger partial charge is 0.119 e. The summed E-state index contributed by atoms with van der Waals surface area (Å²) in [6.45, 7) is 7.89. The molecular formula is C19H25NO. The van der Waals surface area contributed by atoms with E-state index in [2.05, 4.69) is 57.2 Å². The average molecular weight is 283 g/mol. The van der Waals surface area contributed by atoms with Crippen molar-refractivity contribution >= 4 is 0 Å². The minimum absolute atomic E-state index is 0.216. The molecule has 0 heterocycles. The lowest BCUT2D eigenvalue weighted by Crippen LogP contribution is -2.15. The van der Waals surface area contributed by atoms with Crippen molar-refractivity contribution in [2.45, 2.75) is 45.8 Å². The van der Waals surface area contributed by atoms with Crippen molar-refractivity contribution in [3.63, 3.8) is 0 Å². The summed E-state index contributed by atoms with van der Waals surface area (Å²) in [7, 11) is 0. The Morgan fingerprint density at radius 3 is 2.29 bits per heavy atom. The molecule has 0 saturated carbocycles. The molecule has 2 aromatic carbocycles. The lowest BCUT2D eigenvalue weighted by atomic mass is 9.82. The number of nitrogens with two attached hydrogens (primary N) is 1. The SMILES string of the molecule is CCC(C)(C)c1ccc(OCc2cccc(CN)c2)cc1. The Bertz CT molecular complexity index is 572. The van der Waals surface area contributed by atoms with E-state index >= 15 is 0 Å². The molecule has 0 aliphatic heterocycles. The van der Waals surface area contributed by atoms with Crippen LogP contribution in [0.5, 0.6) is 5.75 Å². The topological polar surface area (TPSA) is 35.2 Å². The Kier molecular flexibility index (Phi) is 5.03. The van der Waals surface area contributed by atoms with Crippen LogP contribution in [0.1, 0.15) is 43.9 Å². The van der Waals surface area contributed by atoms with E-state index in [4.69, 9.17) is 10.5 Å². The van der Waals surface area contributed by atoms with Crippen LogP contribution in [0, 0.1) is 0 Å². The molecule has 0 aliphatic rings. The molecule has 0 unspecified atom stereocenters. The second-order valence-corrected chi connectivity index (χ2v) is 6.07. The molecule has 112 valence electrons. The van der Waals surface area contributed by atoms with Gasteiger partial charge in [0.15, 0.2) is 0 Å². The molecule has 2 aromatic rings. The maximum absolute atomic E-state index is 5.85. The number of ether oxygens (including phenoxy) is 1. The Labute approximate surface area is 127 Å². The highest BCUT2D eigenvalue weighted by Crippen LogP contribution is 2.28. The fourth-order valence-corrected chi connectivity index (χ4v) is 2.22. The monoisotopic (exact) mass is 283 g/mol. The van der Waals surface area contributed by atoms with Gasteiger partial charge in [0.2, 0.25) is 0 Å². The molecule has 0 saturated heterocycles. The van der Waals surface area contributed by atoms with E-state index in [1.807, 2.05) is 12.1 Å². The van der Waals surface area contributed by atoms with Crippen LogP contribution in [0.3, 0.4) is 0 Å². The molecule has 21 heavy (non-hydrogen) atoms. The van der Waals surface area contributed by atoms with Gasteiger partial charge in [-0.15, -0.1) is 0 Å². The van der Waals surface area contributed by atoms with Gasteiger partial charge in [0.05, 0.1) is 0 Å². The maximum atomic E-state index is 5.85. The molecular weight excluding hydrogens is 258 g/mol. The Morgan fingerprint density at radius 2 is 1.67 bits per heavy atom. The molecule has 2 heteroatoms. The van der Waals surface area contributed by atoms with Crippen molar-refractivity contribution in [2.75, 3.05) is 0 Å². The van der Waals surface area contributed by atoms with Crippen LogP contribution in [0.2, 0.25) is 0 Å². The standard InChI is InChI=1S/C19H25NO/c1-4-19(2,3)17-8-10-18(11-9-17)21-14-16-7-5-6-15(12-16)13-20/h5-12H,4,13-14,20H2,1-3H3. The number of hydrogen-bond acceptors (Lipinski definition) is 2. The molecule has 0 spiro atoms. The summed E-state index contributed by atoms with van der Waals surface area (Å²) in [5, 5.41) is 0. The zero-order chi connectivity index (χ0) is 15.3. The van der Waals surface area contributed by atoms with Gasteiger partial charge in [0, 0.05) is 6.54 Å². The summed E-state index contributed by atoms with van der Waals surface area (Å²) >= 11 is 0. The molecule has 2 nitrogen and oxygen atoms in total. The maximum Gasteiger partial charge on any atom is 0.119 e. The van der Waals surface area contributed by atoms with Crippen LogP contribution in [-0.4, -0.2) is 0 Å². The molecule has 0 fully saturated rings. The van der Waals surface area contributed by atoms with E-state index in [1.165, 1.54) is 5.56 Å². The van der Waals surface area contributed by atoms with Crippen LogP contribution in [0.15, 0.2) is 48.5 Å². The number of benzene rings is 2. The van der Waals surface area contributed by atoms with Crippen LogP contribution in [0.4, 0.5) is 0 Å². The van der Waals surface area contributed by atoms with Crippen LogP contribution in [-0.2, 0) is 18.6 Å². The van der Waals surface area contributed by atoms with E-state index < -0.39 is 0 Å². The summed E-state index contributed by atoms with van der Waals surface area (Å²) in [6, 6.07) is 16.6. The predicted molar refractivity (Wildman–Crippen MR) is 88.4 cm³/mol. The molecule has 0 bridgehead atoms. The Hall–Kier alpha value is -1.80. The summed E-state index contributed by atoms with van der Waals surface area (Å²) < 4.78 is 5.85. The Morgan fingerprint density at radius 1 is 1.00 bits per heavy atom. The molecule has 2 N–H and O–H groups in total. The normalized spacial score (nSPS) is 11.4. The first kappa shape index (κ1) is 15.6. The van der Waals surface area contributed by atoms with Gasteiger partial charge in [-0.2, -0.15) is 0 Å². The summed E-state index contributed by atoms with van der Waals surface area (Å²) in [4.78, 5) is 0. The van der Waals surface area contributed by atoms with Gasteiger partial charge in [-0.3, -0.25) is 0 Å². The third-order valence-electron chi connectivity index (χ3n) is 4.15. The van der Waals surface area contributed by atoms with E-state index in [1.54, 1.807) is 0 Å². The van der Waals surface area contributed by atoms with Gasteiger partial charge in [-0.05, 0) is 40.7 Å². The van der Waals surface area contributed by atoms with Crippen LogP contribution in [0.25, 0.3) is 0 Å². The van der Waals surface area contributed by atoms with Crippen molar-refractivity contribution in [3.8, 4) is 5.75 Å². The summed E-state index contributed by atoms with van der Waals surface area (Å²) in [6.07, 6.45) is 1.12. The minimum Gasteiger partial charge on any atom is -0.489 e. The average Bonchev–Trinajstić information content (AvgIpc) is 2.53. The van der Waals surface area contributed by atoms with Crippen LogP contribution < -0.4 is 10.5 Å². The van der Waals surface area contributed by atoms with Gasteiger partial charge >= 0.3 is 0 Å². The second kappa shape index (κ2) is 6.77. The van der Waals surface area contributed by atoms with Crippen molar-refractivity contribution in [1.82, 2.24) is 0 Å². The largest absolute Gasteiger partial charge is 0.489 e. The highest BCUT2D eigenvalue weighted by atomic mass is 16.5. The van der Waals surface area contributed by atoms with Gasteiger partial charge < -0.3 is 10.5 Å². The summed E-state index contributed by atoms with van der Waals surface area (Å²) in [5.74, 6) is 0.906. The molecule has 0 aliphatic carbocycles. The molecule has 0 aromatic heterocycles. The minimum atomic E-state index is 0.216. The number of rotatable bonds is 6. The van der Waals surface area contributed by atoms with Gasteiger partial charge in [-0.25, -0.2) is 0 Å². The van der Waals surface area contributed by atoms with Gasteiger partial charge in [0.25, 0.3) is 0 Å². The van der Waals surface area contributed by atoms with E-state index in [9.17, 15) is 0 Å². The van der Waals surface area contributed by atoms with Gasteiger partial charge in [-0.1, -0.05) is 57.2 Å². The molecule has 0 atom stereocenters. The lowest BCUT2D eigenvalue weighted by Gasteiger charge is -2.23. The van der Waals surface area contributed by atoms with E-state index in [-0.39, 0.29) is 5.41 Å². The quantitative estimate of drug-likeness (QED) is 0.852. The third-order valence-corrected chi connectivity index (χ3v) is 4.15. The first-order valence-corrected chi connectivity index (χ1v) is 7.56. The first-order chi connectivity index (χ1) is 10.0. The van der Waals surface area contributed by atoms with Crippen LogP contribution >= 0.6 is 0 Å². The van der Waals surface area contributed by atoms with Gasteiger partial charge in [0.1, 0.15) is 12.4 Å². The van der Waals surface area contributed by atoms with E-state index in [0.29, 0.717) is 13.2 Å². The fourth-order valence-electron chi connectivity index (χ4n) is 2.22. The zero-order valence-corrected chi connectivity index (χ0v) is 13.2. The molecule has 2 rings (SSSR count). The molecule has 0 amide bonds. The third kappa shape index (κ3) is 4.08. The van der Waals surface area contributed by atoms with E-state index in [0.717, 1.165) is 23.3 Å². The highest BCUT2D eigenvalue weighted by Gasteiger charge is 2.17. The number of hydrogen-bond donors (Lipinski definition) is 1. The zero-order valence-electron chi connectivity index (χ0n) is 13.2. The highest BCUT2D eigenvalue weighted by molar-refractivity contribution is 5.32. The summed E-state index contributed by atoms with van der Waals surface area (Å²) in [5.41, 5.74) is 9.51. The Balaban J connectivity index is 2.00. The van der Waals surface area contributed by atoms with Crippen molar-refractivity contribution < 1.29 is 4.74 Å². The van der Waals surface area contributed by atoms with Crippen molar-refractivity contribution in [2.24, 2.45) is 5.73 Å². The van der Waals surface area contributed by atoms with Crippen molar-refractivity contribution in [1.29, 1.82) is 0 Å². The lowest BCUT2D eigenvalue weighted by molar-refractivity contribution is 0.306. The van der Waals surface area contributed by atoms with Crippen molar-refractivity contribution in [3.05, 3.63) is 65.2 Å².